The second kappa shape index (κ2) is 13.8. The number of aromatic nitrogens is 4. The van der Waals surface area contributed by atoms with E-state index in [-0.39, 0.29) is 28.3 Å². The van der Waals surface area contributed by atoms with E-state index in [0.717, 1.165) is 22.5 Å². The molecule has 0 unspecified atom stereocenters. The Hall–Kier alpha value is -8.50. The van der Waals surface area contributed by atoms with E-state index in [0.29, 0.717) is 81.7 Å². The molecule has 0 N–H and O–H groups in total. The highest BCUT2D eigenvalue weighted by atomic mass is 19.1. The van der Waals surface area contributed by atoms with Gasteiger partial charge in [0.05, 0.1) is 44.1 Å². The largest absolute Gasteiger partial charge is 0.343 e. The van der Waals surface area contributed by atoms with E-state index < -0.39 is 11.6 Å². The van der Waals surface area contributed by atoms with Crippen LogP contribution in [0, 0.1) is 11.6 Å². The van der Waals surface area contributed by atoms with Crippen LogP contribution in [-0.4, -0.2) is 18.3 Å². The van der Waals surface area contributed by atoms with Crippen molar-refractivity contribution in [1.29, 1.82) is 0 Å². The van der Waals surface area contributed by atoms with Gasteiger partial charge in [0.25, 0.3) is 0 Å². The summed E-state index contributed by atoms with van der Waals surface area (Å²) in [7, 11) is 1.73. The Morgan fingerprint density at radius 3 is 1.33 bits per heavy atom. The van der Waals surface area contributed by atoms with Gasteiger partial charge in [-0.3, -0.25) is 19.2 Å². The summed E-state index contributed by atoms with van der Waals surface area (Å²) in [6.45, 7) is 0.198. The highest BCUT2D eigenvalue weighted by molar-refractivity contribution is 6.06. The van der Waals surface area contributed by atoms with Crippen LogP contribution in [0.2, 0.25) is 0 Å². The van der Waals surface area contributed by atoms with E-state index in [1.807, 2.05) is 123 Å². The summed E-state index contributed by atoms with van der Waals surface area (Å²) < 4.78 is 37.0. The molecular formula is C54H32F2N4O4. The van der Waals surface area contributed by atoms with Crippen molar-refractivity contribution in [1.82, 2.24) is 18.3 Å². The predicted molar refractivity (Wildman–Crippen MR) is 253 cm³/mol. The molecule has 12 rings (SSSR count). The number of hydrogen-bond donors (Lipinski definition) is 0. The van der Waals surface area contributed by atoms with Gasteiger partial charge in [-0.15, -0.1) is 0 Å². The molecule has 0 bridgehead atoms. The zero-order valence-corrected chi connectivity index (χ0v) is 34.0. The molecule has 64 heavy (non-hydrogen) atoms. The molecule has 0 aliphatic heterocycles. The number of pyridine rings is 4. The molecule has 0 saturated heterocycles. The van der Waals surface area contributed by atoms with Gasteiger partial charge < -0.3 is 18.3 Å². The minimum absolute atomic E-state index is 0.146. The molecule has 0 radical (unpaired) electrons. The van der Waals surface area contributed by atoms with Gasteiger partial charge in [-0.25, -0.2) is 8.78 Å². The molecule has 0 aliphatic rings. The lowest BCUT2D eigenvalue weighted by molar-refractivity contribution is 0.628. The van der Waals surface area contributed by atoms with Gasteiger partial charge in [0, 0.05) is 68.1 Å². The average Bonchev–Trinajstić information content (AvgIpc) is 3.32. The smallest absolute Gasteiger partial charge is 0.197 e. The fraction of sp³-hybridized carbons (Fsp3) is 0.0370. The number of nitrogens with zero attached hydrogens (tertiary/aromatic N) is 4. The number of fused-ring (bicyclic) bond motifs is 8. The third-order valence-electron chi connectivity index (χ3n) is 12.7. The molecular weight excluding hydrogens is 807 g/mol. The van der Waals surface area contributed by atoms with E-state index in [9.17, 15) is 23.6 Å². The van der Waals surface area contributed by atoms with E-state index >= 15 is 4.39 Å². The Morgan fingerprint density at radius 2 is 0.750 bits per heavy atom. The van der Waals surface area contributed by atoms with Crippen molar-refractivity contribution in [3.8, 4) is 11.4 Å². The Kier molecular flexibility index (Phi) is 8.01. The zero-order chi connectivity index (χ0) is 43.5. The van der Waals surface area contributed by atoms with Crippen LogP contribution in [0.1, 0.15) is 5.56 Å². The first-order valence-electron chi connectivity index (χ1n) is 20.7. The maximum absolute atomic E-state index is 15.1. The lowest BCUT2D eigenvalue weighted by Gasteiger charge is -2.20. The fourth-order valence-corrected chi connectivity index (χ4v) is 9.70. The molecule has 10 heteroatoms. The van der Waals surface area contributed by atoms with Crippen molar-refractivity contribution in [2.45, 2.75) is 6.54 Å². The van der Waals surface area contributed by atoms with Crippen molar-refractivity contribution < 1.29 is 8.78 Å². The standard InChI is InChI=1S/C54H32F2N4O4/c1-57-45-23-31(55)17-21-37(45)53(63)39-26-48-40(25-46(39)57)54(64)38-22-18-32(56)24-47(38)58(48)29-30-15-19-34(20-16-30)60-44-14-8-6-12-36(44)52(62)42-27-49-41(28-50(42)60)51(61)35-11-5-7-13-43(35)59(49)33-9-3-2-4-10-33/h2-28H,29H2,1H3. The monoisotopic (exact) mass is 838 g/mol. The summed E-state index contributed by atoms with van der Waals surface area (Å²) in [6.07, 6.45) is 0. The Balaban J connectivity index is 1.07. The molecule has 306 valence electrons. The van der Waals surface area contributed by atoms with Gasteiger partial charge in [-0.1, -0.05) is 54.6 Å². The van der Waals surface area contributed by atoms with Crippen LogP contribution in [0.15, 0.2) is 183 Å². The summed E-state index contributed by atoms with van der Waals surface area (Å²) >= 11 is 0. The van der Waals surface area contributed by atoms with Gasteiger partial charge in [0.1, 0.15) is 11.6 Å². The summed E-state index contributed by atoms with van der Waals surface area (Å²) in [5.74, 6) is -1.00. The van der Waals surface area contributed by atoms with Gasteiger partial charge in [-0.2, -0.15) is 0 Å². The third-order valence-corrected chi connectivity index (χ3v) is 12.7. The van der Waals surface area contributed by atoms with Gasteiger partial charge in [-0.05, 0) is 115 Å². The van der Waals surface area contributed by atoms with Crippen LogP contribution < -0.4 is 21.7 Å². The van der Waals surface area contributed by atoms with Gasteiger partial charge >= 0.3 is 0 Å². The quantitative estimate of drug-likeness (QED) is 0.165. The summed E-state index contributed by atoms with van der Waals surface area (Å²) in [5, 5.41) is 3.26. The zero-order valence-electron chi connectivity index (χ0n) is 34.0. The molecule has 0 aliphatic carbocycles. The van der Waals surface area contributed by atoms with Crippen molar-refractivity contribution in [2.24, 2.45) is 7.05 Å². The van der Waals surface area contributed by atoms with Crippen LogP contribution in [0.5, 0.6) is 0 Å². The average molecular weight is 839 g/mol. The number of para-hydroxylation sites is 3. The highest BCUT2D eigenvalue weighted by Crippen LogP contribution is 2.32. The first kappa shape index (κ1) is 37.3. The molecule has 0 amide bonds. The number of hydrogen-bond acceptors (Lipinski definition) is 4. The number of benzene rings is 8. The second-order valence-electron chi connectivity index (χ2n) is 16.3. The first-order chi connectivity index (χ1) is 31.1. The van der Waals surface area contributed by atoms with Gasteiger partial charge in [0.2, 0.25) is 0 Å². The first-order valence-corrected chi connectivity index (χ1v) is 20.7. The van der Waals surface area contributed by atoms with Crippen molar-refractivity contribution in [3.63, 3.8) is 0 Å². The molecule has 0 saturated carbocycles. The Morgan fingerprint density at radius 1 is 0.359 bits per heavy atom. The number of aryl methyl sites for hydroxylation is 1. The van der Waals surface area contributed by atoms with E-state index in [4.69, 9.17) is 0 Å². The maximum Gasteiger partial charge on any atom is 0.197 e. The minimum atomic E-state index is -0.520. The molecule has 0 spiro atoms. The fourth-order valence-electron chi connectivity index (χ4n) is 9.70. The normalized spacial score (nSPS) is 12.0. The third kappa shape index (κ3) is 5.38. The van der Waals surface area contributed by atoms with Crippen LogP contribution in [0.25, 0.3) is 98.6 Å². The number of rotatable bonds is 4. The Bertz CT molecular complexity index is 4290. The van der Waals surface area contributed by atoms with E-state index in [2.05, 4.69) is 0 Å². The molecule has 0 fully saturated rings. The van der Waals surface area contributed by atoms with Gasteiger partial charge in [0.15, 0.2) is 21.7 Å². The van der Waals surface area contributed by atoms with Crippen LogP contribution in [0.4, 0.5) is 8.78 Å². The minimum Gasteiger partial charge on any atom is -0.343 e. The molecule has 8 nitrogen and oxygen atoms in total. The lowest BCUT2D eigenvalue weighted by Crippen LogP contribution is -2.15. The summed E-state index contributed by atoms with van der Waals surface area (Å²) in [6, 6.07) is 47.4. The second-order valence-corrected chi connectivity index (χ2v) is 16.3. The SMILES string of the molecule is Cn1c2cc(F)ccc2c(=O)c2cc3c(cc21)c(=O)c1ccc(F)cc1n3Cc1ccc(-n2c3ccccc3c(=O)c3cc4c(cc32)c(=O)c2ccccc2n4-c2ccccc2)cc1. The maximum atomic E-state index is 15.1. The van der Waals surface area contributed by atoms with Crippen molar-refractivity contribution in [2.75, 3.05) is 0 Å². The highest BCUT2D eigenvalue weighted by Gasteiger charge is 2.20. The lowest BCUT2D eigenvalue weighted by atomic mass is 10.0. The predicted octanol–water partition coefficient (Wildman–Crippen LogP) is 10.4. The molecule has 8 aromatic carbocycles. The molecule has 12 aromatic rings. The molecule has 4 aromatic heterocycles. The topological polar surface area (TPSA) is 88.0 Å². The summed E-state index contributed by atoms with van der Waals surface area (Å²) in [4.78, 5) is 56.9. The molecule has 4 heterocycles. The van der Waals surface area contributed by atoms with Crippen LogP contribution in [0.3, 0.4) is 0 Å². The van der Waals surface area contributed by atoms with Crippen molar-refractivity contribution in [3.05, 3.63) is 222 Å². The van der Waals surface area contributed by atoms with Crippen LogP contribution in [-0.2, 0) is 13.6 Å². The van der Waals surface area contributed by atoms with Crippen LogP contribution >= 0.6 is 0 Å². The summed E-state index contributed by atoms with van der Waals surface area (Å²) in [5.41, 5.74) is 5.67. The molecule has 0 atom stereocenters. The van der Waals surface area contributed by atoms with Crippen molar-refractivity contribution >= 4 is 87.2 Å². The Labute approximate surface area is 359 Å². The van der Waals surface area contributed by atoms with E-state index in [1.54, 1.807) is 29.8 Å². The number of halogens is 2. The van der Waals surface area contributed by atoms with E-state index in [1.165, 1.54) is 36.4 Å².